The van der Waals surface area contributed by atoms with Crippen LogP contribution in [0.1, 0.15) is 17.5 Å². The van der Waals surface area contributed by atoms with E-state index < -0.39 is 0 Å². The molecule has 32 heavy (non-hydrogen) atoms. The Kier molecular flexibility index (Phi) is 5.79. The van der Waals surface area contributed by atoms with Gasteiger partial charge in [-0.15, -0.1) is 0 Å². The van der Waals surface area contributed by atoms with E-state index in [-0.39, 0.29) is 0 Å². The number of aromatic nitrogens is 2. The van der Waals surface area contributed by atoms with Crippen molar-refractivity contribution >= 4 is 40.6 Å². The first-order chi connectivity index (χ1) is 15.6. The molecule has 1 N–H and O–H groups in total. The van der Waals surface area contributed by atoms with Gasteiger partial charge < -0.3 is 20.0 Å². The maximum atomic E-state index is 6.04. The molecule has 0 atom stereocenters. The maximum absolute atomic E-state index is 6.04. The molecule has 0 spiro atoms. The van der Waals surface area contributed by atoms with Crippen molar-refractivity contribution in [3.8, 4) is 0 Å². The van der Waals surface area contributed by atoms with Crippen molar-refractivity contribution in [2.45, 2.75) is 19.3 Å². The van der Waals surface area contributed by atoms with Crippen LogP contribution in [0.25, 0.3) is 0 Å². The van der Waals surface area contributed by atoms with Crippen molar-refractivity contribution in [2.75, 3.05) is 60.3 Å². The quantitative estimate of drug-likeness (QED) is 0.607. The van der Waals surface area contributed by atoms with Gasteiger partial charge in [-0.2, -0.15) is 9.97 Å². The predicted molar refractivity (Wildman–Crippen MR) is 134 cm³/mol. The first kappa shape index (κ1) is 20.9. The molecule has 1 fully saturated rings. The standard InChI is InChI=1S/C25H29ClN6/c1-27-23-17-24(30(2)22-9-6-18-4-3-5-19(18)16-22)29-25(28-23)32-14-12-31(13-15-32)21-10-7-20(26)8-11-21/h6-11,16-17H,3-5,12-15H2,1-2H3,(H,27,28,29). The summed E-state index contributed by atoms with van der Waals surface area (Å²) in [6.07, 6.45) is 3.63. The van der Waals surface area contributed by atoms with E-state index in [1.165, 1.54) is 41.8 Å². The van der Waals surface area contributed by atoms with Gasteiger partial charge in [0.1, 0.15) is 11.6 Å². The van der Waals surface area contributed by atoms with Crippen LogP contribution >= 0.6 is 11.6 Å². The molecule has 0 bridgehead atoms. The molecular formula is C25H29ClN6. The van der Waals surface area contributed by atoms with E-state index in [1.807, 2.05) is 25.2 Å². The summed E-state index contributed by atoms with van der Waals surface area (Å²) in [6.45, 7) is 3.59. The zero-order valence-corrected chi connectivity index (χ0v) is 19.4. The highest BCUT2D eigenvalue weighted by Crippen LogP contribution is 2.31. The number of hydrogen-bond donors (Lipinski definition) is 1. The Bertz CT molecular complexity index is 1090. The topological polar surface area (TPSA) is 47.5 Å². The Balaban J connectivity index is 1.35. The summed E-state index contributed by atoms with van der Waals surface area (Å²) in [5.41, 5.74) is 5.33. The first-order valence-electron chi connectivity index (χ1n) is 11.3. The average molecular weight is 449 g/mol. The van der Waals surface area contributed by atoms with Crippen LogP contribution in [0.5, 0.6) is 0 Å². The molecule has 6 nitrogen and oxygen atoms in total. The second-order valence-corrected chi connectivity index (χ2v) is 8.91. The fourth-order valence-electron chi connectivity index (χ4n) is 4.58. The minimum atomic E-state index is 0.768. The number of aryl methyl sites for hydroxylation is 2. The van der Waals surface area contributed by atoms with Crippen molar-refractivity contribution < 1.29 is 0 Å². The van der Waals surface area contributed by atoms with Crippen LogP contribution in [0.4, 0.5) is 29.0 Å². The molecule has 0 radical (unpaired) electrons. The lowest BCUT2D eigenvalue weighted by atomic mass is 10.1. The van der Waals surface area contributed by atoms with Gasteiger partial charge in [-0.1, -0.05) is 17.7 Å². The lowest BCUT2D eigenvalue weighted by molar-refractivity contribution is 0.640. The molecule has 7 heteroatoms. The molecule has 1 saturated heterocycles. The summed E-state index contributed by atoms with van der Waals surface area (Å²) in [5, 5.41) is 3.98. The number of halogens is 1. The number of nitrogens with zero attached hydrogens (tertiary/aromatic N) is 5. The minimum absolute atomic E-state index is 0.768. The van der Waals surface area contributed by atoms with Crippen molar-refractivity contribution in [1.82, 2.24) is 9.97 Å². The van der Waals surface area contributed by atoms with Crippen LogP contribution in [0.2, 0.25) is 5.02 Å². The molecule has 0 unspecified atom stereocenters. The highest BCUT2D eigenvalue weighted by molar-refractivity contribution is 6.30. The van der Waals surface area contributed by atoms with Gasteiger partial charge in [-0.05, 0) is 66.8 Å². The van der Waals surface area contributed by atoms with Crippen molar-refractivity contribution in [3.63, 3.8) is 0 Å². The number of anilines is 5. The lowest BCUT2D eigenvalue weighted by Crippen LogP contribution is -2.47. The molecule has 1 aliphatic carbocycles. The third-order valence-corrected chi connectivity index (χ3v) is 6.78. The summed E-state index contributed by atoms with van der Waals surface area (Å²) in [5.74, 6) is 2.51. The number of rotatable bonds is 5. The fourth-order valence-corrected chi connectivity index (χ4v) is 4.71. The average Bonchev–Trinajstić information content (AvgIpc) is 3.32. The highest BCUT2D eigenvalue weighted by Gasteiger charge is 2.21. The SMILES string of the molecule is CNc1cc(N(C)c2ccc3c(c2)CCC3)nc(N2CCN(c3ccc(Cl)cc3)CC2)n1. The molecule has 1 aliphatic heterocycles. The first-order valence-corrected chi connectivity index (χ1v) is 11.7. The van der Waals surface area contributed by atoms with E-state index in [0.717, 1.165) is 48.8 Å². The Labute approximate surface area is 194 Å². The number of piperazine rings is 1. The number of hydrogen-bond acceptors (Lipinski definition) is 6. The van der Waals surface area contributed by atoms with Crippen molar-refractivity contribution in [2.24, 2.45) is 0 Å². The van der Waals surface area contributed by atoms with Gasteiger partial charge in [0, 0.05) is 62.7 Å². The highest BCUT2D eigenvalue weighted by atomic mass is 35.5. The third-order valence-electron chi connectivity index (χ3n) is 6.52. The summed E-state index contributed by atoms with van der Waals surface area (Å²) >= 11 is 6.04. The minimum Gasteiger partial charge on any atom is -0.373 e. The van der Waals surface area contributed by atoms with Crippen LogP contribution in [-0.2, 0) is 12.8 Å². The predicted octanol–water partition coefficient (Wildman–Crippen LogP) is 4.75. The van der Waals surface area contributed by atoms with Crippen LogP contribution in [-0.4, -0.2) is 50.2 Å². The molecular weight excluding hydrogens is 420 g/mol. The Morgan fingerprint density at radius 1 is 0.875 bits per heavy atom. The summed E-state index contributed by atoms with van der Waals surface area (Å²) < 4.78 is 0. The van der Waals surface area contributed by atoms with Gasteiger partial charge in [0.05, 0.1) is 0 Å². The van der Waals surface area contributed by atoms with E-state index in [1.54, 1.807) is 0 Å². The van der Waals surface area contributed by atoms with Gasteiger partial charge in [-0.3, -0.25) is 0 Å². The molecule has 2 aromatic carbocycles. The molecule has 1 aromatic heterocycles. The van der Waals surface area contributed by atoms with Gasteiger partial charge in [0.15, 0.2) is 0 Å². The maximum Gasteiger partial charge on any atom is 0.229 e. The van der Waals surface area contributed by atoms with E-state index in [2.05, 4.69) is 57.4 Å². The van der Waals surface area contributed by atoms with Crippen LogP contribution in [0.3, 0.4) is 0 Å². The van der Waals surface area contributed by atoms with Crippen LogP contribution in [0, 0.1) is 0 Å². The number of nitrogens with one attached hydrogen (secondary N) is 1. The molecule has 0 saturated carbocycles. The van der Waals surface area contributed by atoms with E-state index in [4.69, 9.17) is 21.6 Å². The van der Waals surface area contributed by atoms with Gasteiger partial charge in [-0.25, -0.2) is 0 Å². The smallest absolute Gasteiger partial charge is 0.229 e. The Morgan fingerprint density at radius 2 is 1.59 bits per heavy atom. The van der Waals surface area contributed by atoms with Gasteiger partial charge >= 0.3 is 0 Å². The largest absolute Gasteiger partial charge is 0.373 e. The molecule has 0 amide bonds. The number of benzene rings is 2. The Morgan fingerprint density at radius 3 is 2.34 bits per heavy atom. The van der Waals surface area contributed by atoms with Crippen LogP contribution in [0.15, 0.2) is 48.5 Å². The molecule has 2 aliphatic rings. The molecule has 3 aromatic rings. The van der Waals surface area contributed by atoms with E-state index >= 15 is 0 Å². The van der Waals surface area contributed by atoms with E-state index in [9.17, 15) is 0 Å². The third kappa shape index (κ3) is 4.19. The van der Waals surface area contributed by atoms with Crippen LogP contribution < -0.4 is 20.0 Å². The van der Waals surface area contributed by atoms with E-state index in [0.29, 0.717) is 0 Å². The second-order valence-electron chi connectivity index (χ2n) is 8.48. The zero-order valence-electron chi connectivity index (χ0n) is 18.7. The fraction of sp³-hybridized carbons (Fsp3) is 0.360. The lowest BCUT2D eigenvalue weighted by Gasteiger charge is -2.36. The molecule has 166 valence electrons. The summed E-state index contributed by atoms with van der Waals surface area (Å²) in [6, 6.07) is 16.9. The molecule has 5 rings (SSSR count). The van der Waals surface area contributed by atoms with Gasteiger partial charge in [0.2, 0.25) is 5.95 Å². The summed E-state index contributed by atoms with van der Waals surface area (Å²) in [4.78, 5) is 16.5. The zero-order chi connectivity index (χ0) is 22.1. The summed E-state index contributed by atoms with van der Waals surface area (Å²) in [7, 11) is 3.99. The molecule has 2 heterocycles. The number of fused-ring (bicyclic) bond motifs is 1. The normalized spacial score (nSPS) is 15.6. The van der Waals surface area contributed by atoms with Crippen molar-refractivity contribution in [1.29, 1.82) is 0 Å². The monoisotopic (exact) mass is 448 g/mol. The van der Waals surface area contributed by atoms with Gasteiger partial charge in [0.25, 0.3) is 0 Å². The Hall–Kier alpha value is -2.99. The second kappa shape index (κ2) is 8.87. The van der Waals surface area contributed by atoms with Crippen molar-refractivity contribution in [3.05, 3.63) is 64.7 Å².